The van der Waals surface area contributed by atoms with E-state index in [0.29, 0.717) is 31.2 Å². The maximum Gasteiger partial charge on any atom is 0.255 e. The average molecular weight is 242 g/mol. The number of rotatable bonds is 2. The number of ether oxygens (including phenoxy) is 1. The second-order valence-corrected chi connectivity index (χ2v) is 3.82. The van der Waals surface area contributed by atoms with Gasteiger partial charge in [-0.2, -0.15) is 10.2 Å². The first-order valence-corrected chi connectivity index (χ1v) is 5.57. The lowest BCUT2D eigenvalue weighted by Gasteiger charge is -2.34. The number of hydrogen-bond donors (Lipinski definition) is 0. The Morgan fingerprint density at radius 2 is 2.50 bits per heavy atom. The zero-order valence-electron chi connectivity index (χ0n) is 8.67. The van der Waals surface area contributed by atoms with Crippen molar-refractivity contribution >= 4 is 17.5 Å². The number of morpholine rings is 1. The fraction of sp³-hybridized carbons (Fsp3) is 0.500. The summed E-state index contributed by atoms with van der Waals surface area (Å²) in [5, 5.41) is 7.33. The smallest absolute Gasteiger partial charge is 0.255 e. The predicted octanol–water partition coefficient (Wildman–Crippen LogP) is 0.556. The van der Waals surface area contributed by atoms with Gasteiger partial charge in [-0.1, -0.05) is 0 Å². The number of carbonyl (C=O) groups is 1. The maximum atomic E-state index is 12.1. The first kappa shape index (κ1) is 11.3. The van der Waals surface area contributed by atoms with Crippen LogP contribution in [0.4, 0.5) is 0 Å². The van der Waals surface area contributed by atoms with Gasteiger partial charge in [0.25, 0.3) is 5.91 Å². The van der Waals surface area contributed by atoms with Crippen LogP contribution in [0.5, 0.6) is 0 Å². The highest BCUT2D eigenvalue weighted by atomic mass is 35.5. The largest absolute Gasteiger partial charge is 0.377 e. The normalized spacial score (nSPS) is 20.8. The second-order valence-electron chi connectivity index (χ2n) is 3.51. The molecule has 2 rings (SSSR count). The van der Waals surface area contributed by atoms with Gasteiger partial charge in [0.1, 0.15) is 0 Å². The lowest BCUT2D eigenvalue weighted by Crippen LogP contribution is -2.49. The number of hydrogen-bond acceptors (Lipinski definition) is 4. The molecule has 1 aromatic heterocycles. The van der Waals surface area contributed by atoms with Crippen molar-refractivity contribution in [2.75, 3.05) is 25.6 Å². The van der Waals surface area contributed by atoms with Crippen LogP contribution in [-0.4, -0.2) is 52.7 Å². The van der Waals surface area contributed by atoms with Crippen molar-refractivity contribution in [1.82, 2.24) is 15.1 Å². The zero-order valence-corrected chi connectivity index (χ0v) is 9.43. The van der Waals surface area contributed by atoms with Gasteiger partial charge in [0.2, 0.25) is 0 Å². The first-order valence-electron chi connectivity index (χ1n) is 5.04. The molecular formula is C10H12ClN3O2. The number of alkyl halides is 1. The third kappa shape index (κ3) is 2.31. The van der Waals surface area contributed by atoms with Gasteiger partial charge in [-0.3, -0.25) is 4.79 Å². The van der Waals surface area contributed by atoms with Crippen molar-refractivity contribution in [3.8, 4) is 0 Å². The average Bonchev–Trinajstić information content (AvgIpc) is 2.39. The molecule has 5 nitrogen and oxygen atoms in total. The van der Waals surface area contributed by atoms with Gasteiger partial charge in [-0.15, -0.1) is 11.6 Å². The minimum Gasteiger partial charge on any atom is -0.377 e. The topological polar surface area (TPSA) is 55.3 Å². The number of nitrogens with zero attached hydrogens (tertiary/aromatic N) is 3. The quantitative estimate of drug-likeness (QED) is 0.710. The maximum absolute atomic E-state index is 12.1. The van der Waals surface area contributed by atoms with E-state index in [1.807, 2.05) is 0 Å². The highest BCUT2D eigenvalue weighted by molar-refractivity contribution is 6.18. The second kappa shape index (κ2) is 5.23. The number of halogens is 1. The van der Waals surface area contributed by atoms with E-state index in [-0.39, 0.29) is 11.9 Å². The molecule has 1 aliphatic heterocycles. The minimum absolute atomic E-state index is 0.0592. The van der Waals surface area contributed by atoms with E-state index in [0.717, 1.165) is 0 Å². The van der Waals surface area contributed by atoms with E-state index in [9.17, 15) is 4.79 Å². The molecule has 0 spiro atoms. The lowest BCUT2D eigenvalue weighted by molar-refractivity contribution is 0.00453. The summed E-state index contributed by atoms with van der Waals surface area (Å²) in [6.07, 6.45) is 2.96. The van der Waals surface area contributed by atoms with E-state index in [1.165, 1.54) is 12.4 Å². The van der Waals surface area contributed by atoms with Crippen LogP contribution < -0.4 is 0 Å². The third-order valence-corrected chi connectivity index (χ3v) is 2.85. The first-order chi connectivity index (χ1) is 7.83. The van der Waals surface area contributed by atoms with Gasteiger partial charge in [-0.05, 0) is 6.07 Å². The van der Waals surface area contributed by atoms with E-state index in [4.69, 9.17) is 16.3 Å². The van der Waals surface area contributed by atoms with Crippen molar-refractivity contribution < 1.29 is 9.53 Å². The van der Waals surface area contributed by atoms with Gasteiger partial charge >= 0.3 is 0 Å². The van der Waals surface area contributed by atoms with Crippen LogP contribution in [0.3, 0.4) is 0 Å². The number of carbonyl (C=O) groups excluding carboxylic acids is 1. The van der Waals surface area contributed by atoms with E-state index >= 15 is 0 Å². The molecule has 2 heterocycles. The molecule has 6 heteroatoms. The Kier molecular flexibility index (Phi) is 3.69. The van der Waals surface area contributed by atoms with Crippen LogP contribution in [0.2, 0.25) is 0 Å². The fourth-order valence-electron chi connectivity index (χ4n) is 1.63. The van der Waals surface area contributed by atoms with Gasteiger partial charge in [0, 0.05) is 12.4 Å². The Bertz CT molecular complexity index is 360. The van der Waals surface area contributed by atoms with Gasteiger partial charge in [0.15, 0.2) is 0 Å². The van der Waals surface area contributed by atoms with Crippen molar-refractivity contribution in [1.29, 1.82) is 0 Å². The van der Waals surface area contributed by atoms with Crippen LogP contribution >= 0.6 is 11.6 Å². The fourth-order valence-corrected chi connectivity index (χ4v) is 1.89. The molecule has 1 atom stereocenters. The molecule has 1 aromatic rings. The molecule has 1 saturated heterocycles. The summed E-state index contributed by atoms with van der Waals surface area (Å²) in [6.45, 7) is 1.62. The van der Waals surface area contributed by atoms with Crippen LogP contribution in [0.15, 0.2) is 18.5 Å². The molecule has 0 aliphatic carbocycles. The zero-order chi connectivity index (χ0) is 11.4. The molecule has 0 radical (unpaired) electrons. The lowest BCUT2D eigenvalue weighted by atomic mass is 10.2. The van der Waals surface area contributed by atoms with Gasteiger partial charge in [-0.25, -0.2) is 0 Å². The van der Waals surface area contributed by atoms with Crippen LogP contribution in [0.25, 0.3) is 0 Å². The summed E-state index contributed by atoms with van der Waals surface area (Å²) in [6, 6.07) is 1.59. The van der Waals surface area contributed by atoms with Crippen molar-refractivity contribution in [2.24, 2.45) is 0 Å². The van der Waals surface area contributed by atoms with E-state index in [2.05, 4.69) is 10.2 Å². The number of aromatic nitrogens is 2. The Morgan fingerprint density at radius 1 is 1.62 bits per heavy atom. The highest BCUT2D eigenvalue weighted by Crippen LogP contribution is 2.12. The molecule has 1 aliphatic rings. The number of amides is 1. The third-order valence-electron chi connectivity index (χ3n) is 2.50. The summed E-state index contributed by atoms with van der Waals surface area (Å²) >= 11 is 5.80. The molecule has 16 heavy (non-hydrogen) atoms. The molecule has 1 fully saturated rings. The Hall–Kier alpha value is -1.20. The Morgan fingerprint density at radius 3 is 3.19 bits per heavy atom. The summed E-state index contributed by atoms with van der Waals surface area (Å²) in [5.74, 6) is 0.313. The molecule has 86 valence electrons. The molecule has 1 amide bonds. The summed E-state index contributed by atoms with van der Waals surface area (Å²) in [5.41, 5.74) is 0.534. The van der Waals surface area contributed by atoms with E-state index in [1.54, 1.807) is 11.0 Å². The van der Waals surface area contributed by atoms with Crippen molar-refractivity contribution in [3.05, 3.63) is 24.0 Å². The van der Waals surface area contributed by atoms with Crippen molar-refractivity contribution in [2.45, 2.75) is 6.04 Å². The summed E-state index contributed by atoms with van der Waals surface area (Å²) in [7, 11) is 0. The molecule has 0 aromatic carbocycles. The molecule has 0 bridgehead atoms. The Labute approximate surface area is 98.4 Å². The summed E-state index contributed by atoms with van der Waals surface area (Å²) < 4.78 is 5.28. The van der Waals surface area contributed by atoms with Crippen LogP contribution in [0, 0.1) is 0 Å². The molecule has 0 N–H and O–H groups in total. The summed E-state index contributed by atoms with van der Waals surface area (Å²) in [4.78, 5) is 13.8. The standard InChI is InChI=1S/C10H12ClN3O2/c11-5-9-7-16-4-3-14(9)10(15)8-1-2-12-13-6-8/h1-2,6,9H,3-5,7H2. The SMILES string of the molecule is O=C(c1ccnnc1)N1CCOCC1CCl. The predicted molar refractivity (Wildman–Crippen MR) is 58.4 cm³/mol. The molecule has 0 saturated carbocycles. The van der Waals surface area contributed by atoms with Crippen LogP contribution in [-0.2, 0) is 4.74 Å². The molecular weight excluding hydrogens is 230 g/mol. The Balaban J connectivity index is 2.14. The monoisotopic (exact) mass is 241 g/mol. The highest BCUT2D eigenvalue weighted by Gasteiger charge is 2.27. The van der Waals surface area contributed by atoms with Crippen LogP contribution in [0.1, 0.15) is 10.4 Å². The van der Waals surface area contributed by atoms with Crippen molar-refractivity contribution in [3.63, 3.8) is 0 Å². The van der Waals surface area contributed by atoms with Gasteiger partial charge < -0.3 is 9.64 Å². The molecule has 1 unspecified atom stereocenters. The van der Waals surface area contributed by atoms with Gasteiger partial charge in [0.05, 0.1) is 37.2 Å². The minimum atomic E-state index is -0.0659. The van der Waals surface area contributed by atoms with E-state index < -0.39 is 0 Å².